The molecule has 0 aromatic heterocycles. The van der Waals surface area contributed by atoms with E-state index in [0.29, 0.717) is 6.42 Å². The molecule has 0 bridgehead atoms. The normalized spacial score (nSPS) is 10.3. The predicted octanol–water partition coefficient (Wildman–Crippen LogP) is 0.0907. The fourth-order valence-electron chi connectivity index (χ4n) is 0.878. The van der Waals surface area contributed by atoms with Gasteiger partial charge in [-0.2, -0.15) is 0 Å². The maximum atomic E-state index is 11.1. The van der Waals surface area contributed by atoms with Gasteiger partial charge in [0.05, 0.1) is 6.54 Å². The van der Waals surface area contributed by atoms with E-state index in [1.807, 2.05) is 6.92 Å². The molecule has 0 aliphatic carbocycles. The molecule has 0 aliphatic rings. The molecule has 0 saturated heterocycles. The molecule has 0 saturated carbocycles. The zero-order valence-corrected chi connectivity index (χ0v) is 8.83. The highest BCUT2D eigenvalue weighted by Gasteiger charge is 2.13. The maximum absolute atomic E-state index is 11.1. The summed E-state index contributed by atoms with van der Waals surface area (Å²) in [5, 5.41) is 2.43. The number of rotatable bonds is 7. The third-order valence-electron chi connectivity index (χ3n) is 1.69. The second kappa shape index (κ2) is 7.46. The third kappa shape index (κ3) is 4.94. The highest BCUT2D eigenvalue weighted by Crippen LogP contribution is 1.91. The Morgan fingerprint density at radius 1 is 1.29 bits per heavy atom. The van der Waals surface area contributed by atoms with Gasteiger partial charge in [0.1, 0.15) is 0 Å². The first kappa shape index (κ1) is 13.1. The molecule has 0 aliphatic heterocycles. The van der Waals surface area contributed by atoms with E-state index in [-0.39, 0.29) is 13.0 Å². The summed E-state index contributed by atoms with van der Waals surface area (Å²) in [5.41, 5.74) is 0. The van der Waals surface area contributed by atoms with Crippen molar-refractivity contribution in [3.8, 4) is 0 Å². The van der Waals surface area contributed by atoms with Gasteiger partial charge in [-0.25, -0.2) is 0 Å². The number of hydrogen-bond donors (Lipinski definition) is 1. The van der Waals surface area contributed by atoms with Crippen LogP contribution in [0, 0.1) is 0 Å². The van der Waals surface area contributed by atoms with Gasteiger partial charge in [-0.15, -0.1) is 0 Å². The Hall–Kier alpha value is -0.940. The molecule has 0 spiro atoms. The molecule has 0 aromatic rings. The summed E-state index contributed by atoms with van der Waals surface area (Å²) in [6.45, 7) is 2.03. The molecule has 1 N–H and O–H groups in total. The molecule has 1 amide bonds. The largest absolute Gasteiger partial charge is 0.354 e. The lowest BCUT2D eigenvalue weighted by molar-refractivity contribution is -0.140. The van der Waals surface area contributed by atoms with E-state index in [1.165, 1.54) is 14.2 Å². The second-order valence-corrected chi connectivity index (χ2v) is 2.78. The number of Topliss-reactive ketones (excluding diaryl/α,β-unsaturated/α-hetero) is 1. The van der Waals surface area contributed by atoms with Crippen molar-refractivity contribution < 1.29 is 19.1 Å². The lowest BCUT2D eigenvalue weighted by Gasteiger charge is -2.13. The Morgan fingerprint density at radius 2 is 1.86 bits per heavy atom. The van der Waals surface area contributed by atoms with Crippen LogP contribution in [0.3, 0.4) is 0 Å². The van der Waals surface area contributed by atoms with Crippen LogP contribution in [0.1, 0.15) is 19.8 Å². The van der Waals surface area contributed by atoms with E-state index in [0.717, 1.165) is 0 Å². The molecule has 5 nitrogen and oxygen atoms in total. The second-order valence-electron chi connectivity index (χ2n) is 2.78. The van der Waals surface area contributed by atoms with Crippen LogP contribution in [-0.2, 0) is 19.1 Å². The molecule has 82 valence electrons. The molecule has 0 radical (unpaired) electrons. The van der Waals surface area contributed by atoms with Crippen LogP contribution >= 0.6 is 0 Å². The first-order chi connectivity index (χ1) is 6.65. The summed E-state index contributed by atoms with van der Waals surface area (Å²) in [6, 6.07) is 0. The highest BCUT2D eigenvalue weighted by atomic mass is 16.7. The van der Waals surface area contributed by atoms with E-state index in [1.54, 1.807) is 0 Å². The third-order valence-corrected chi connectivity index (χ3v) is 1.69. The molecule has 0 rings (SSSR count). The molecule has 5 heteroatoms. The lowest BCUT2D eigenvalue weighted by atomic mass is 10.2. The number of amides is 1. The van der Waals surface area contributed by atoms with Crippen molar-refractivity contribution in [2.24, 2.45) is 0 Å². The van der Waals surface area contributed by atoms with Crippen LogP contribution in [0.25, 0.3) is 0 Å². The van der Waals surface area contributed by atoms with Crippen molar-refractivity contribution in [3.05, 3.63) is 0 Å². The van der Waals surface area contributed by atoms with Crippen LogP contribution in [0.4, 0.5) is 0 Å². The summed E-state index contributed by atoms with van der Waals surface area (Å²) in [4.78, 5) is 22.1. The molecule has 0 aromatic carbocycles. The maximum Gasteiger partial charge on any atom is 0.287 e. The smallest absolute Gasteiger partial charge is 0.287 e. The zero-order valence-electron chi connectivity index (χ0n) is 8.83. The summed E-state index contributed by atoms with van der Waals surface area (Å²) >= 11 is 0. The van der Waals surface area contributed by atoms with Gasteiger partial charge in [0.15, 0.2) is 6.29 Å². The fraction of sp³-hybridized carbons (Fsp3) is 0.778. The van der Waals surface area contributed by atoms with E-state index < -0.39 is 18.0 Å². The molecular weight excluding hydrogens is 186 g/mol. The van der Waals surface area contributed by atoms with Crippen LogP contribution < -0.4 is 5.32 Å². The van der Waals surface area contributed by atoms with Crippen molar-refractivity contribution in [3.63, 3.8) is 0 Å². The Bertz CT molecular complexity index is 189. The van der Waals surface area contributed by atoms with Crippen molar-refractivity contribution >= 4 is 11.7 Å². The Morgan fingerprint density at radius 3 is 2.29 bits per heavy atom. The summed E-state index contributed by atoms with van der Waals surface area (Å²) in [6.07, 6.45) is 0.439. The first-order valence-corrected chi connectivity index (χ1v) is 4.52. The quantitative estimate of drug-likeness (QED) is 0.470. The van der Waals surface area contributed by atoms with E-state index in [4.69, 9.17) is 9.47 Å². The van der Waals surface area contributed by atoms with Gasteiger partial charge in [-0.3, -0.25) is 9.59 Å². The average molecular weight is 203 g/mol. The minimum atomic E-state index is -0.578. The van der Waals surface area contributed by atoms with Crippen LogP contribution in [0.5, 0.6) is 0 Å². The van der Waals surface area contributed by atoms with Crippen LogP contribution in [0.15, 0.2) is 0 Å². The van der Waals surface area contributed by atoms with Gasteiger partial charge in [0.2, 0.25) is 5.78 Å². The van der Waals surface area contributed by atoms with Gasteiger partial charge in [0.25, 0.3) is 5.91 Å². The average Bonchev–Trinajstić information content (AvgIpc) is 2.19. The minimum absolute atomic E-state index is 0.182. The monoisotopic (exact) mass is 203 g/mol. The van der Waals surface area contributed by atoms with Crippen molar-refractivity contribution in [2.75, 3.05) is 20.8 Å². The molecule has 0 atom stereocenters. The van der Waals surface area contributed by atoms with Gasteiger partial charge < -0.3 is 14.8 Å². The van der Waals surface area contributed by atoms with E-state index >= 15 is 0 Å². The Labute approximate surface area is 83.8 Å². The van der Waals surface area contributed by atoms with Gasteiger partial charge >= 0.3 is 0 Å². The van der Waals surface area contributed by atoms with Crippen molar-refractivity contribution in [1.29, 1.82) is 0 Å². The van der Waals surface area contributed by atoms with Crippen molar-refractivity contribution in [1.82, 2.24) is 5.32 Å². The van der Waals surface area contributed by atoms with E-state index in [2.05, 4.69) is 5.32 Å². The zero-order chi connectivity index (χ0) is 11.0. The molecular formula is C9H17NO4. The summed E-state index contributed by atoms with van der Waals surface area (Å²) in [7, 11) is 2.93. The van der Waals surface area contributed by atoms with Gasteiger partial charge in [0, 0.05) is 20.6 Å². The molecule has 0 unspecified atom stereocenters. The van der Waals surface area contributed by atoms with Crippen LogP contribution in [-0.4, -0.2) is 38.7 Å². The number of methoxy groups -OCH3 is 2. The molecule has 0 heterocycles. The predicted molar refractivity (Wildman–Crippen MR) is 50.7 cm³/mol. The Kier molecular flexibility index (Phi) is 6.96. The molecule has 14 heavy (non-hydrogen) atoms. The number of ether oxygens (including phenoxy) is 2. The van der Waals surface area contributed by atoms with Crippen molar-refractivity contribution in [2.45, 2.75) is 26.1 Å². The topological polar surface area (TPSA) is 64.6 Å². The number of nitrogens with one attached hydrogen (secondary N) is 1. The minimum Gasteiger partial charge on any atom is -0.354 e. The molecule has 0 fully saturated rings. The van der Waals surface area contributed by atoms with Crippen LogP contribution in [0.2, 0.25) is 0 Å². The Balaban J connectivity index is 3.77. The number of carbonyl (C=O) groups excluding carboxylic acids is 2. The standard InChI is InChI=1S/C9H17NO4/c1-4-5-7(11)9(12)10-6-8(13-2)14-3/h8H,4-6H2,1-3H3,(H,10,12). The van der Waals surface area contributed by atoms with Gasteiger partial charge in [-0.1, -0.05) is 6.92 Å². The van der Waals surface area contributed by atoms with E-state index in [9.17, 15) is 9.59 Å². The summed E-state index contributed by atoms with van der Waals surface area (Å²) < 4.78 is 9.68. The lowest BCUT2D eigenvalue weighted by Crippen LogP contribution is -2.37. The number of ketones is 1. The fourth-order valence-corrected chi connectivity index (χ4v) is 0.878. The first-order valence-electron chi connectivity index (χ1n) is 4.52. The number of hydrogen-bond acceptors (Lipinski definition) is 4. The number of carbonyl (C=O) groups is 2. The SMILES string of the molecule is CCCC(=O)C(=O)NCC(OC)OC. The summed E-state index contributed by atoms with van der Waals surface area (Å²) in [5.74, 6) is -0.982. The highest BCUT2D eigenvalue weighted by molar-refractivity contribution is 6.36. The van der Waals surface area contributed by atoms with Gasteiger partial charge in [-0.05, 0) is 6.42 Å².